The third-order valence-electron chi connectivity index (χ3n) is 3.95. The molecule has 3 heteroatoms. The summed E-state index contributed by atoms with van der Waals surface area (Å²) >= 11 is 0. The molecule has 0 aliphatic carbocycles. The number of unbranched alkanes of at least 4 members (excludes halogenated alkanes) is 8. The first-order valence-corrected chi connectivity index (χ1v) is 9.12. The molecule has 0 spiro atoms. The van der Waals surface area contributed by atoms with Crippen molar-refractivity contribution in [2.45, 2.75) is 109 Å². The lowest BCUT2D eigenvalue weighted by Gasteiger charge is -2.08. The van der Waals surface area contributed by atoms with Crippen LogP contribution in [0.25, 0.3) is 0 Å². The van der Waals surface area contributed by atoms with Crippen LogP contribution < -0.4 is 0 Å². The molecule has 0 N–H and O–H groups in total. The van der Waals surface area contributed by atoms with E-state index in [2.05, 4.69) is 11.7 Å². The summed E-state index contributed by atoms with van der Waals surface area (Å²) in [5.74, 6) is -0.171. The second-order valence-corrected chi connectivity index (χ2v) is 6.10. The van der Waals surface area contributed by atoms with Crippen molar-refractivity contribution in [1.82, 2.24) is 0 Å². The van der Waals surface area contributed by atoms with Gasteiger partial charge in [0.05, 0.1) is 7.11 Å². The lowest BCUT2D eigenvalue weighted by molar-refractivity contribution is -0.140. The van der Waals surface area contributed by atoms with Gasteiger partial charge in [-0.15, -0.1) is 0 Å². The summed E-state index contributed by atoms with van der Waals surface area (Å²) in [6.45, 7) is 2.16. The summed E-state index contributed by atoms with van der Waals surface area (Å²) in [5, 5.41) is 0. The van der Waals surface area contributed by atoms with Crippen molar-refractivity contribution in [3.63, 3.8) is 0 Å². The first-order chi connectivity index (χ1) is 11.4. The zero-order chi connectivity index (χ0) is 18.3. The van der Waals surface area contributed by atoms with E-state index in [9.17, 15) is 9.18 Å². The molecule has 0 radical (unpaired) electrons. The maximum atomic E-state index is 14.0. The third kappa shape index (κ3) is 15.8. The van der Waals surface area contributed by atoms with Crippen molar-refractivity contribution in [3.8, 4) is 0 Å². The molecule has 0 aromatic carbocycles. The molecular weight excluding hydrogens is 279 g/mol. The summed E-state index contributed by atoms with van der Waals surface area (Å²) in [6.07, 6.45) is 8.99. The Morgan fingerprint density at radius 3 is 2.23 bits per heavy atom. The molecule has 0 fully saturated rings. The summed E-state index contributed by atoms with van der Waals surface area (Å²) < 4.78 is 34.4. The van der Waals surface area contributed by atoms with Crippen LogP contribution in [0.2, 0.25) is 0 Å². The van der Waals surface area contributed by atoms with Crippen LogP contribution in [0, 0.1) is 0 Å². The van der Waals surface area contributed by atoms with Crippen LogP contribution in [0.4, 0.5) is 4.39 Å². The first kappa shape index (κ1) is 17.7. The average molecular weight is 319 g/mol. The fraction of sp³-hybridized carbons (Fsp3) is 0.947. The predicted octanol–water partition coefficient (Wildman–Crippen LogP) is 6.37. The SMILES string of the molecule is [2H]C([2H])(CCCCCCC)CC(F)CCCCCCCC(=O)OC. The number of esters is 1. The fourth-order valence-electron chi connectivity index (χ4n) is 2.48. The van der Waals surface area contributed by atoms with Crippen molar-refractivity contribution in [2.75, 3.05) is 7.11 Å². The van der Waals surface area contributed by atoms with Gasteiger partial charge in [-0.1, -0.05) is 77.5 Å². The van der Waals surface area contributed by atoms with Crippen LogP contribution in [0.3, 0.4) is 0 Å². The van der Waals surface area contributed by atoms with Gasteiger partial charge in [0.1, 0.15) is 6.17 Å². The number of halogens is 1. The van der Waals surface area contributed by atoms with Gasteiger partial charge >= 0.3 is 5.97 Å². The second-order valence-electron chi connectivity index (χ2n) is 6.10. The van der Waals surface area contributed by atoms with Crippen molar-refractivity contribution >= 4 is 5.97 Å². The molecule has 1 unspecified atom stereocenters. The van der Waals surface area contributed by atoms with Gasteiger partial charge in [0.2, 0.25) is 0 Å². The van der Waals surface area contributed by atoms with Gasteiger partial charge in [0.25, 0.3) is 0 Å². The minimum absolute atomic E-state index is 0.0309. The Morgan fingerprint density at radius 2 is 1.55 bits per heavy atom. The Balaban J connectivity index is 3.58. The van der Waals surface area contributed by atoms with E-state index in [1.54, 1.807) is 0 Å². The molecule has 132 valence electrons. The van der Waals surface area contributed by atoms with Gasteiger partial charge < -0.3 is 4.74 Å². The Labute approximate surface area is 140 Å². The zero-order valence-corrected chi connectivity index (χ0v) is 14.7. The molecule has 0 aromatic heterocycles. The van der Waals surface area contributed by atoms with Crippen LogP contribution >= 0.6 is 0 Å². The largest absolute Gasteiger partial charge is 0.469 e. The first-order valence-electron chi connectivity index (χ1n) is 10.1. The van der Waals surface area contributed by atoms with E-state index in [-0.39, 0.29) is 12.4 Å². The summed E-state index contributed by atoms with van der Waals surface area (Å²) in [7, 11) is 1.40. The van der Waals surface area contributed by atoms with Crippen molar-refractivity contribution in [1.29, 1.82) is 0 Å². The predicted molar refractivity (Wildman–Crippen MR) is 91.8 cm³/mol. The normalized spacial score (nSPS) is 14.3. The van der Waals surface area contributed by atoms with Gasteiger partial charge in [-0.3, -0.25) is 4.79 Å². The molecule has 0 saturated carbocycles. The van der Waals surface area contributed by atoms with Gasteiger partial charge in [-0.05, 0) is 19.3 Å². The summed E-state index contributed by atoms with van der Waals surface area (Å²) in [5.41, 5.74) is 0. The van der Waals surface area contributed by atoms with E-state index >= 15 is 0 Å². The number of hydrogen-bond donors (Lipinski definition) is 0. The Hall–Kier alpha value is -0.600. The van der Waals surface area contributed by atoms with Crippen molar-refractivity contribution < 1.29 is 16.7 Å². The number of hydrogen-bond acceptors (Lipinski definition) is 2. The number of ether oxygens (including phenoxy) is 1. The highest BCUT2D eigenvalue weighted by molar-refractivity contribution is 5.68. The van der Waals surface area contributed by atoms with Crippen LogP contribution in [-0.4, -0.2) is 19.3 Å². The molecule has 0 aromatic rings. The number of carbonyl (C=O) groups is 1. The van der Waals surface area contributed by atoms with Crippen LogP contribution in [0.5, 0.6) is 0 Å². The second kappa shape index (κ2) is 16.8. The van der Waals surface area contributed by atoms with Crippen LogP contribution in [-0.2, 0) is 9.53 Å². The average Bonchev–Trinajstić information content (AvgIpc) is 2.52. The maximum Gasteiger partial charge on any atom is 0.305 e. The lowest BCUT2D eigenvalue weighted by Crippen LogP contribution is -2.00. The van der Waals surface area contributed by atoms with Gasteiger partial charge in [0, 0.05) is 9.16 Å². The van der Waals surface area contributed by atoms with E-state index in [0.29, 0.717) is 19.3 Å². The molecule has 2 nitrogen and oxygen atoms in total. The monoisotopic (exact) mass is 318 g/mol. The van der Waals surface area contributed by atoms with Crippen molar-refractivity contribution in [3.05, 3.63) is 0 Å². The number of methoxy groups -OCH3 is 1. The minimum atomic E-state index is -1.37. The quantitative estimate of drug-likeness (QED) is 0.244. The van der Waals surface area contributed by atoms with Crippen molar-refractivity contribution in [2.24, 2.45) is 0 Å². The topological polar surface area (TPSA) is 26.3 Å². The molecule has 0 aliphatic heterocycles. The highest BCUT2D eigenvalue weighted by Gasteiger charge is 2.06. The highest BCUT2D eigenvalue weighted by Crippen LogP contribution is 2.16. The Morgan fingerprint density at radius 1 is 0.955 bits per heavy atom. The smallest absolute Gasteiger partial charge is 0.305 e. The molecule has 0 bridgehead atoms. The standard InChI is InChI=1S/C19H37FO2/c1-3-4-5-6-7-9-12-15-18(20)16-13-10-8-11-14-17-19(21)22-2/h18H,3-17H2,1-2H3/i12D2. The summed E-state index contributed by atoms with van der Waals surface area (Å²) in [6, 6.07) is 0. The fourth-order valence-corrected chi connectivity index (χ4v) is 2.48. The van der Waals surface area contributed by atoms with Gasteiger partial charge in [-0.25, -0.2) is 4.39 Å². The highest BCUT2D eigenvalue weighted by atomic mass is 19.1. The molecular formula is C19H37FO2. The number of rotatable bonds is 16. The minimum Gasteiger partial charge on any atom is -0.469 e. The molecule has 0 rings (SSSR count). The van der Waals surface area contributed by atoms with E-state index in [1.165, 1.54) is 20.0 Å². The molecule has 22 heavy (non-hydrogen) atoms. The third-order valence-corrected chi connectivity index (χ3v) is 3.95. The molecule has 1 atom stereocenters. The number of alkyl halides is 1. The lowest BCUT2D eigenvalue weighted by atomic mass is 10.0. The Kier molecular flexibility index (Phi) is 13.5. The van der Waals surface area contributed by atoms with E-state index in [0.717, 1.165) is 51.4 Å². The van der Waals surface area contributed by atoms with Crippen LogP contribution in [0.1, 0.15) is 106 Å². The zero-order valence-electron chi connectivity index (χ0n) is 16.7. The van der Waals surface area contributed by atoms with E-state index in [1.807, 2.05) is 0 Å². The maximum absolute atomic E-state index is 14.0. The van der Waals surface area contributed by atoms with Crippen LogP contribution in [0.15, 0.2) is 0 Å². The molecule has 0 aliphatic rings. The molecule has 0 amide bonds. The van der Waals surface area contributed by atoms with Gasteiger partial charge in [-0.2, -0.15) is 0 Å². The van der Waals surface area contributed by atoms with E-state index in [4.69, 9.17) is 2.74 Å². The molecule has 0 saturated heterocycles. The Bertz CT molecular complexity index is 312. The van der Waals surface area contributed by atoms with Gasteiger partial charge in [0.15, 0.2) is 0 Å². The van der Waals surface area contributed by atoms with E-state index < -0.39 is 12.5 Å². The molecule has 0 heterocycles. The summed E-state index contributed by atoms with van der Waals surface area (Å²) in [4.78, 5) is 10.9. The number of carbonyl (C=O) groups excluding carboxylic acids is 1.